The third-order valence-electron chi connectivity index (χ3n) is 6.81. The van der Waals surface area contributed by atoms with E-state index in [1.807, 2.05) is 31.2 Å². The van der Waals surface area contributed by atoms with Crippen molar-refractivity contribution >= 4 is 17.5 Å². The smallest absolute Gasteiger partial charge is 0.251 e. The molecule has 0 unspecified atom stereocenters. The number of carbonyl (C=O) groups is 2. The van der Waals surface area contributed by atoms with Crippen LogP contribution in [0.1, 0.15) is 42.9 Å². The van der Waals surface area contributed by atoms with Gasteiger partial charge in [-0.25, -0.2) is 4.39 Å². The zero-order chi connectivity index (χ0) is 27.4. The number of hydrogen-bond acceptors (Lipinski definition) is 6. The highest BCUT2D eigenvalue weighted by atomic mass is 19.1. The van der Waals surface area contributed by atoms with Crippen molar-refractivity contribution in [2.45, 2.75) is 51.2 Å². The minimum atomic E-state index is -1.12. The number of tetrazole rings is 1. The fourth-order valence-corrected chi connectivity index (χ4v) is 4.82. The van der Waals surface area contributed by atoms with Crippen LogP contribution >= 0.6 is 0 Å². The van der Waals surface area contributed by atoms with Gasteiger partial charge in [0.25, 0.3) is 5.91 Å². The molecule has 1 fully saturated rings. The van der Waals surface area contributed by atoms with Gasteiger partial charge in [-0.15, -0.1) is 10.2 Å². The molecule has 0 radical (unpaired) electrons. The molecule has 1 aliphatic rings. The quantitative estimate of drug-likeness (QED) is 0.352. The molecule has 0 saturated heterocycles. The molecule has 39 heavy (non-hydrogen) atoms. The van der Waals surface area contributed by atoms with Crippen LogP contribution in [0.15, 0.2) is 72.8 Å². The van der Waals surface area contributed by atoms with Crippen LogP contribution in [-0.2, 0) is 16.1 Å². The van der Waals surface area contributed by atoms with Gasteiger partial charge in [-0.2, -0.15) is 4.80 Å². The molecule has 1 heterocycles. The second-order valence-corrected chi connectivity index (χ2v) is 9.74. The first-order chi connectivity index (χ1) is 18.9. The van der Waals surface area contributed by atoms with Gasteiger partial charge < -0.3 is 10.4 Å². The standard InChI is InChI=1S/C29H29FN6O3/c1-19-9-11-21(12-10-19)28-32-34-35(33-28)18-26(38)36(24-7-4-8-25(37)17-24)27(20-13-15-22(30)16-14-20)29(39)31-23-5-2-3-6-23/h4,7-17,23,27,37H,2-3,5-6,18H2,1H3,(H,31,39)/t27-/m0/s1. The summed E-state index contributed by atoms with van der Waals surface area (Å²) >= 11 is 0. The molecule has 1 aromatic heterocycles. The van der Waals surface area contributed by atoms with Crippen LogP contribution in [0.4, 0.5) is 10.1 Å². The Hall–Kier alpha value is -4.60. The highest BCUT2D eigenvalue weighted by molar-refractivity contribution is 6.01. The number of nitrogens with one attached hydrogen (secondary N) is 1. The summed E-state index contributed by atoms with van der Waals surface area (Å²) in [6.45, 7) is 1.66. The lowest BCUT2D eigenvalue weighted by atomic mass is 10.0. The maximum atomic E-state index is 13.9. The van der Waals surface area contributed by atoms with Crippen LogP contribution in [0.3, 0.4) is 0 Å². The van der Waals surface area contributed by atoms with Crippen molar-refractivity contribution in [2.24, 2.45) is 0 Å². The lowest BCUT2D eigenvalue weighted by Crippen LogP contribution is -2.47. The van der Waals surface area contributed by atoms with Gasteiger partial charge in [0.2, 0.25) is 11.7 Å². The largest absolute Gasteiger partial charge is 0.508 e. The van der Waals surface area contributed by atoms with Gasteiger partial charge in [-0.3, -0.25) is 14.5 Å². The van der Waals surface area contributed by atoms with E-state index < -0.39 is 23.7 Å². The van der Waals surface area contributed by atoms with E-state index in [0.29, 0.717) is 17.1 Å². The Kier molecular flexibility index (Phi) is 7.62. The second kappa shape index (κ2) is 11.4. The molecule has 3 aromatic carbocycles. The lowest BCUT2D eigenvalue weighted by Gasteiger charge is -2.32. The lowest BCUT2D eigenvalue weighted by molar-refractivity contribution is -0.127. The summed E-state index contributed by atoms with van der Waals surface area (Å²) in [4.78, 5) is 30.1. The molecule has 0 aliphatic heterocycles. The molecule has 1 atom stereocenters. The molecule has 2 N–H and O–H groups in total. The maximum Gasteiger partial charge on any atom is 0.251 e. The summed E-state index contributed by atoms with van der Waals surface area (Å²) in [5.74, 6) is -1.07. The third kappa shape index (κ3) is 6.11. The van der Waals surface area contributed by atoms with Crippen LogP contribution < -0.4 is 10.2 Å². The minimum Gasteiger partial charge on any atom is -0.508 e. The molecule has 9 nitrogen and oxygen atoms in total. The van der Waals surface area contributed by atoms with Gasteiger partial charge in [-0.1, -0.05) is 60.9 Å². The van der Waals surface area contributed by atoms with Crippen molar-refractivity contribution in [1.29, 1.82) is 0 Å². The number of halogens is 1. The van der Waals surface area contributed by atoms with E-state index in [2.05, 4.69) is 20.7 Å². The Morgan fingerprint density at radius 3 is 2.49 bits per heavy atom. The first-order valence-corrected chi connectivity index (χ1v) is 12.9. The summed E-state index contributed by atoms with van der Waals surface area (Å²) in [6.07, 6.45) is 3.74. The normalized spacial score (nSPS) is 14.2. The first kappa shape index (κ1) is 26.0. The number of hydrogen-bond donors (Lipinski definition) is 2. The van der Waals surface area contributed by atoms with Crippen molar-refractivity contribution in [1.82, 2.24) is 25.5 Å². The van der Waals surface area contributed by atoms with E-state index in [4.69, 9.17) is 0 Å². The molecular formula is C29H29FN6O3. The average Bonchev–Trinajstić information content (AvgIpc) is 3.60. The molecule has 200 valence electrons. The van der Waals surface area contributed by atoms with Crippen LogP contribution in [0.5, 0.6) is 5.75 Å². The Balaban J connectivity index is 1.50. The van der Waals surface area contributed by atoms with E-state index in [-0.39, 0.29) is 18.3 Å². The Labute approximate surface area is 225 Å². The Morgan fingerprint density at radius 2 is 1.79 bits per heavy atom. The molecular weight excluding hydrogens is 499 g/mol. The van der Waals surface area contributed by atoms with Gasteiger partial charge in [0, 0.05) is 23.4 Å². The predicted octanol–water partition coefficient (Wildman–Crippen LogP) is 4.33. The van der Waals surface area contributed by atoms with E-state index in [0.717, 1.165) is 36.8 Å². The highest BCUT2D eigenvalue weighted by Crippen LogP contribution is 2.31. The molecule has 10 heteroatoms. The molecule has 1 aliphatic carbocycles. The van der Waals surface area contributed by atoms with Crippen molar-refractivity contribution in [3.05, 3.63) is 89.7 Å². The molecule has 1 saturated carbocycles. The third-order valence-corrected chi connectivity index (χ3v) is 6.81. The summed E-state index contributed by atoms with van der Waals surface area (Å²) in [6, 6.07) is 18.1. The second-order valence-electron chi connectivity index (χ2n) is 9.74. The minimum absolute atomic E-state index is 0.00405. The summed E-state index contributed by atoms with van der Waals surface area (Å²) < 4.78 is 13.8. The number of rotatable bonds is 8. The zero-order valence-corrected chi connectivity index (χ0v) is 21.5. The van der Waals surface area contributed by atoms with Crippen molar-refractivity contribution < 1.29 is 19.1 Å². The summed E-state index contributed by atoms with van der Waals surface area (Å²) in [5, 5.41) is 25.8. The maximum absolute atomic E-state index is 13.9. The number of carbonyl (C=O) groups excluding carboxylic acids is 2. The molecule has 4 aromatic rings. The van der Waals surface area contributed by atoms with E-state index in [9.17, 15) is 19.1 Å². The van der Waals surface area contributed by atoms with Crippen LogP contribution in [0.2, 0.25) is 0 Å². The van der Waals surface area contributed by atoms with Crippen molar-refractivity contribution in [3.63, 3.8) is 0 Å². The van der Waals surface area contributed by atoms with Gasteiger partial charge in [0.05, 0.1) is 0 Å². The monoisotopic (exact) mass is 528 g/mol. The van der Waals surface area contributed by atoms with E-state index in [1.54, 1.807) is 12.1 Å². The Bertz CT molecular complexity index is 1450. The van der Waals surface area contributed by atoms with E-state index >= 15 is 0 Å². The number of nitrogens with zero attached hydrogens (tertiary/aromatic N) is 5. The average molecular weight is 529 g/mol. The summed E-state index contributed by atoms with van der Waals surface area (Å²) in [7, 11) is 0. The van der Waals surface area contributed by atoms with Gasteiger partial charge in [0.15, 0.2) is 0 Å². The van der Waals surface area contributed by atoms with E-state index in [1.165, 1.54) is 46.1 Å². The number of aryl methyl sites for hydroxylation is 1. The predicted molar refractivity (Wildman–Crippen MR) is 143 cm³/mol. The SMILES string of the molecule is Cc1ccc(-c2nnn(CC(=O)N(c3cccc(O)c3)[C@H](C(=O)NC3CCCC3)c3ccc(F)cc3)n2)cc1. The van der Waals surface area contributed by atoms with Crippen LogP contribution in [-0.4, -0.2) is 43.2 Å². The first-order valence-electron chi connectivity index (χ1n) is 12.9. The number of benzene rings is 3. The van der Waals surface area contributed by atoms with Gasteiger partial charge in [0.1, 0.15) is 24.2 Å². The van der Waals surface area contributed by atoms with Crippen molar-refractivity contribution in [2.75, 3.05) is 4.90 Å². The Morgan fingerprint density at radius 1 is 1.08 bits per heavy atom. The van der Waals surface area contributed by atoms with Crippen LogP contribution in [0, 0.1) is 12.7 Å². The number of anilines is 1. The number of phenolic OH excluding ortho intramolecular Hbond substituents is 1. The molecule has 5 rings (SSSR count). The number of aromatic nitrogens is 4. The highest BCUT2D eigenvalue weighted by Gasteiger charge is 2.35. The fraction of sp³-hybridized carbons (Fsp3) is 0.276. The number of aromatic hydroxyl groups is 1. The summed E-state index contributed by atoms with van der Waals surface area (Å²) in [5.41, 5.74) is 2.57. The molecule has 0 bridgehead atoms. The topological polar surface area (TPSA) is 113 Å². The molecule has 0 spiro atoms. The van der Waals surface area contributed by atoms with Gasteiger partial charge >= 0.3 is 0 Å². The molecule has 2 amide bonds. The van der Waals surface area contributed by atoms with Crippen molar-refractivity contribution in [3.8, 4) is 17.1 Å². The fourth-order valence-electron chi connectivity index (χ4n) is 4.82. The van der Waals surface area contributed by atoms with Crippen LogP contribution in [0.25, 0.3) is 11.4 Å². The zero-order valence-electron chi connectivity index (χ0n) is 21.5. The van der Waals surface area contributed by atoms with Gasteiger partial charge in [-0.05, 0) is 54.8 Å². The number of phenols is 1. The number of amides is 2.